The van der Waals surface area contributed by atoms with Gasteiger partial charge in [0.05, 0.1) is 5.56 Å². The molecule has 170 valence electrons. The molecule has 0 spiro atoms. The van der Waals surface area contributed by atoms with Gasteiger partial charge in [-0.1, -0.05) is 50.6 Å². The fraction of sp³-hybridized carbons (Fsp3) is 0.407. The summed E-state index contributed by atoms with van der Waals surface area (Å²) in [6.45, 7) is 17.3. The quantitative estimate of drug-likeness (QED) is 0.505. The second-order valence-corrected chi connectivity index (χ2v) is 10.7. The first-order valence-electron chi connectivity index (χ1n) is 11.2. The van der Waals surface area contributed by atoms with Crippen LogP contribution < -0.4 is 5.32 Å². The number of hydrogen-bond donors (Lipinski definition) is 1. The first-order chi connectivity index (χ1) is 15.2. The third-order valence-corrected chi connectivity index (χ3v) is 7.40. The molecular formula is C27H34N2O2S. The van der Waals surface area contributed by atoms with E-state index in [0.717, 1.165) is 30.4 Å². The van der Waals surface area contributed by atoms with Gasteiger partial charge in [-0.05, 0) is 55.2 Å². The molecule has 1 N–H and O–H groups in total. The number of carbonyl (C=O) groups excluding carboxylic acids is 2. The number of nitrogens with zero attached hydrogens (tertiary/aromatic N) is 1. The Morgan fingerprint density at radius 3 is 2.34 bits per heavy atom. The van der Waals surface area contributed by atoms with E-state index < -0.39 is 0 Å². The lowest BCUT2D eigenvalue weighted by Gasteiger charge is -2.34. The maximum absolute atomic E-state index is 13.6. The lowest BCUT2D eigenvalue weighted by molar-refractivity contribution is 0.0790. The van der Waals surface area contributed by atoms with Gasteiger partial charge in [0.2, 0.25) is 0 Å². The zero-order valence-corrected chi connectivity index (χ0v) is 20.5. The number of carbonyl (C=O) groups is 2. The van der Waals surface area contributed by atoms with Gasteiger partial charge in [0.15, 0.2) is 0 Å². The Hall–Kier alpha value is -2.66. The average molecular weight is 451 g/mol. The van der Waals surface area contributed by atoms with E-state index >= 15 is 0 Å². The summed E-state index contributed by atoms with van der Waals surface area (Å²) in [5, 5.41) is 3.71. The van der Waals surface area contributed by atoms with Gasteiger partial charge in [-0.2, -0.15) is 0 Å². The Labute approximate surface area is 196 Å². The Kier molecular flexibility index (Phi) is 7.40. The number of benzene rings is 1. The molecule has 1 aliphatic rings. The van der Waals surface area contributed by atoms with Crippen LogP contribution in [-0.2, 0) is 12.8 Å². The number of anilines is 1. The van der Waals surface area contributed by atoms with Crippen molar-refractivity contribution in [3.63, 3.8) is 0 Å². The number of hydrogen-bond acceptors (Lipinski definition) is 3. The smallest absolute Gasteiger partial charge is 0.257 e. The second-order valence-electron chi connectivity index (χ2n) is 9.62. The molecule has 0 saturated carbocycles. The van der Waals surface area contributed by atoms with Crippen LogP contribution in [0.4, 0.5) is 5.00 Å². The molecule has 1 aromatic heterocycles. The molecule has 3 rings (SSSR count). The predicted molar refractivity (Wildman–Crippen MR) is 135 cm³/mol. The van der Waals surface area contributed by atoms with E-state index in [1.807, 2.05) is 31.2 Å². The summed E-state index contributed by atoms with van der Waals surface area (Å²) in [6.07, 6.45) is 6.28. The van der Waals surface area contributed by atoms with Crippen LogP contribution in [0, 0.1) is 18.3 Å². The molecule has 1 unspecified atom stereocenters. The van der Waals surface area contributed by atoms with Gasteiger partial charge in [0, 0.05) is 23.5 Å². The van der Waals surface area contributed by atoms with E-state index in [4.69, 9.17) is 0 Å². The van der Waals surface area contributed by atoms with E-state index in [9.17, 15) is 9.59 Å². The molecule has 1 heterocycles. The molecule has 1 atom stereocenters. The molecule has 0 radical (unpaired) electrons. The van der Waals surface area contributed by atoms with Crippen molar-refractivity contribution in [1.82, 2.24) is 4.90 Å². The Balaban J connectivity index is 2.01. The summed E-state index contributed by atoms with van der Waals surface area (Å²) < 4.78 is 0. The van der Waals surface area contributed by atoms with Crippen molar-refractivity contribution in [2.24, 2.45) is 11.3 Å². The SMILES string of the molecule is C=CCN(CC=C)C(=O)c1c(NC(=O)c2ccc(C)cc2)sc2c1CCC(C(C)(C)C)C2. The second kappa shape index (κ2) is 9.86. The Morgan fingerprint density at radius 1 is 1.16 bits per heavy atom. The largest absolute Gasteiger partial charge is 0.331 e. The van der Waals surface area contributed by atoms with Crippen molar-refractivity contribution in [3.8, 4) is 0 Å². The van der Waals surface area contributed by atoms with Crippen molar-refractivity contribution in [3.05, 3.63) is 76.7 Å². The van der Waals surface area contributed by atoms with Crippen LogP contribution in [0.2, 0.25) is 0 Å². The van der Waals surface area contributed by atoms with E-state index in [-0.39, 0.29) is 17.2 Å². The summed E-state index contributed by atoms with van der Waals surface area (Å²) >= 11 is 1.56. The minimum Gasteiger partial charge on any atom is -0.331 e. The summed E-state index contributed by atoms with van der Waals surface area (Å²) in [7, 11) is 0. The summed E-state index contributed by atoms with van der Waals surface area (Å²) in [4.78, 5) is 29.5. The number of nitrogens with one attached hydrogen (secondary N) is 1. The van der Waals surface area contributed by atoms with E-state index in [1.54, 1.807) is 28.4 Å². The maximum atomic E-state index is 13.6. The van der Waals surface area contributed by atoms with Crippen LogP contribution in [0.5, 0.6) is 0 Å². The van der Waals surface area contributed by atoms with Crippen molar-refractivity contribution >= 4 is 28.2 Å². The molecule has 1 aliphatic carbocycles. The van der Waals surface area contributed by atoms with E-state index in [2.05, 4.69) is 39.2 Å². The van der Waals surface area contributed by atoms with Crippen LogP contribution in [0.15, 0.2) is 49.6 Å². The standard InChI is InChI=1S/C27H34N2O2S/c1-7-15-29(16-8-2)26(31)23-21-14-13-20(27(4,5)6)17-22(21)32-25(23)28-24(30)19-11-9-18(3)10-12-19/h7-12,20H,1-2,13-17H2,3-6H3,(H,28,30). The zero-order chi connectivity index (χ0) is 23.5. The minimum absolute atomic E-state index is 0.0734. The number of aryl methyl sites for hydroxylation is 1. The molecule has 32 heavy (non-hydrogen) atoms. The molecule has 4 nitrogen and oxygen atoms in total. The molecule has 2 amide bonds. The Bertz CT molecular complexity index is 1000. The van der Waals surface area contributed by atoms with E-state index in [1.165, 1.54) is 4.88 Å². The van der Waals surface area contributed by atoms with Crippen molar-refractivity contribution in [2.75, 3.05) is 18.4 Å². The Morgan fingerprint density at radius 2 is 1.78 bits per heavy atom. The third-order valence-electron chi connectivity index (χ3n) is 6.23. The number of rotatable bonds is 7. The highest BCUT2D eigenvalue weighted by Gasteiger charge is 2.35. The van der Waals surface area contributed by atoms with Crippen LogP contribution in [-0.4, -0.2) is 29.8 Å². The van der Waals surface area contributed by atoms with Crippen LogP contribution >= 0.6 is 11.3 Å². The number of fused-ring (bicyclic) bond motifs is 1. The predicted octanol–water partition coefficient (Wildman–Crippen LogP) is 6.27. The molecule has 1 aromatic carbocycles. The minimum atomic E-state index is -0.191. The third kappa shape index (κ3) is 5.21. The van der Waals surface area contributed by atoms with E-state index in [0.29, 0.717) is 35.1 Å². The van der Waals surface area contributed by atoms with Crippen molar-refractivity contribution in [1.29, 1.82) is 0 Å². The van der Waals surface area contributed by atoms with Gasteiger partial charge in [0.1, 0.15) is 5.00 Å². The molecule has 0 aliphatic heterocycles. The summed E-state index contributed by atoms with van der Waals surface area (Å²) in [6, 6.07) is 7.47. The van der Waals surface area contributed by atoms with Gasteiger partial charge in [0.25, 0.3) is 11.8 Å². The molecule has 5 heteroatoms. The fourth-order valence-corrected chi connectivity index (χ4v) is 5.54. The van der Waals surface area contributed by atoms with Gasteiger partial charge < -0.3 is 10.2 Å². The molecular weight excluding hydrogens is 416 g/mol. The van der Waals surface area contributed by atoms with Crippen LogP contribution in [0.1, 0.15) is 63.9 Å². The van der Waals surface area contributed by atoms with Gasteiger partial charge >= 0.3 is 0 Å². The first kappa shape index (κ1) is 24.0. The average Bonchev–Trinajstić information content (AvgIpc) is 3.09. The highest BCUT2D eigenvalue weighted by atomic mass is 32.1. The molecule has 0 bridgehead atoms. The van der Waals surface area contributed by atoms with Gasteiger partial charge in [-0.15, -0.1) is 24.5 Å². The van der Waals surface area contributed by atoms with Crippen LogP contribution in [0.25, 0.3) is 0 Å². The highest BCUT2D eigenvalue weighted by molar-refractivity contribution is 7.17. The molecule has 0 saturated heterocycles. The normalized spacial score (nSPS) is 15.6. The summed E-state index contributed by atoms with van der Waals surface area (Å²) in [5.41, 5.74) is 3.62. The topological polar surface area (TPSA) is 49.4 Å². The maximum Gasteiger partial charge on any atom is 0.257 e. The first-order valence-corrected chi connectivity index (χ1v) is 12.0. The highest BCUT2D eigenvalue weighted by Crippen LogP contribution is 2.44. The number of thiophene rings is 1. The molecule has 2 aromatic rings. The fourth-order valence-electron chi connectivity index (χ4n) is 4.23. The number of amides is 2. The lowest BCUT2D eigenvalue weighted by Crippen LogP contribution is -2.33. The zero-order valence-electron chi connectivity index (χ0n) is 19.7. The summed E-state index contributed by atoms with van der Waals surface area (Å²) in [5.74, 6) is 0.287. The van der Waals surface area contributed by atoms with Crippen LogP contribution in [0.3, 0.4) is 0 Å². The van der Waals surface area contributed by atoms with Gasteiger partial charge in [-0.3, -0.25) is 9.59 Å². The van der Waals surface area contributed by atoms with Gasteiger partial charge in [-0.25, -0.2) is 0 Å². The monoisotopic (exact) mass is 450 g/mol. The lowest BCUT2D eigenvalue weighted by atomic mass is 9.72. The van der Waals surface area contributed by atoms with Crippen molar-refractivity contribution < 1.29 is 9.59 Å². The van der Waals surface area contributed by atoms with Crippen molar-refractivity contribution in [2.45, 2.75) is 47.0 Å². The molecule has 0 fully saturated rings.